The SMILES string of the molecule is O=C(O)c1cccc(I)c1OI.[Li+].[O-]B(O)O. The third-order valence-electron chi connectivity index (χ3n) is 1.27. The molecular formula is C7H6BI2LiO6. The predicted molar refractivity (Wildman–Crippen MR) is 71.0 cm³/mol. The number of carbonyl (C=O) groups is 1. The summed E-state index contributed by atoms with van der Waals surface area (Å²) < 4.78 is 5.71. The molecular weight excluding hydrogens is 452 g/mol. The van der Waals surface area contributed by atoms with Gasteiger partial charge in [0.1, 0.15) is 5.56 Å². The van der Waals surface area contributed by atoms with Gasteiger partial charge >= 0.3 is 32.2 Å². The molecule has 0 radical (unpaired) electrons. The van der Waals surface area contributed by atoms with Crippen LogP contribution >= 0.6 is 45.6 Å². The number of hydrogen-bond acceptors (Lipinski definition) is 5. The summed E-state index contributed by atoms with van der Waals surface area (Å²) >= 11 is 3.70. The van der Waals surface area contributed by atoms with E-state index in [0.29, 0.717) is 5.75 Å². The van der Waals surface area contributed by atoms with E-state index in [-0.39, 0.29) is 24.4 Å². The number of aromatic carboxylic acids is 1. The Morgan fingerprint density at radius 1 is 1.41 bits per heavy atom. The maximum Gasteiger partial charge on any atom is 1.00 e. The molecule has 0 aromatic heterocycles. The van der Waals surface area contributed by atoms with Crippen molar-refractivity contribution < 1.29 is 46.9 Å². The van der Waals surface area contributed by atoms with Crippen molar-refractivity contribution in [2.75, 3.05) is 0 Å². The fourth-order valence-electron chi connectivity index (χ4n) is 0.756. The van der Waals surface area contributed by atoms with Crippen LogP contribution in [0.3, 0.4) is 0 Å². The molecule has 0 bridgehead atoms. The van der Waals surface area contributed by atoms with Crippen LogP contribution in [-0.2, 0) is 0 Å². The zero-order valence-corrected chi connectivity index (χ0v) is 12.9. The molecule has 0 spiro atoms. The maximum absolute atomic E-state index is 10.6. The summed E-state index contributed by atoms with van der Waals surface area (Å²) in [5.74, 6) is -0.564. The first-order valence-electron chi connectivity index (χ1n) is 3.72. The fourth-order valence-corrected chi connectivity index (χ4v) is 2.26. The zero-order valence-electron chi connectivity index (χ0n) is 8.63. The second-order valence-corrected chi connectivity index (χ2v) is 3.93. The van der Waals surface area contributed by atoms with E-state index >= 15 is 0 Å². The second-order valence-electron chi connectivity index (χ2n) is 2.33. The minimum absolute atomic E-state index is 0. The topological polar surface area (TPSA) is 110 Å². The summed E-state index contributed by atoms with van der Waals surface area (Å²) in [6, 6.07) is 4.99. The van der Waals surface area contributed by atoms with E-state index in [1.807, 2.05) is 22.6 Å². The molecule has 0 saturated heterocycles. The van der Waals surface area contributed by atoms with Crippen molar-refractivity contribution in [3.8, 4) is 5.75 Å². The molecule has 0 unspecified atom stereocenters. The van der Waals surface area contributed by atoms with Crippen LogP contribution in [0, 0.1) is 3.57 Å². The Morgan fingerprint density at radius 3 is 2.18 bits per heavy atom. The summed E-state index contributed by atoms with van der Waals surface area (Å²) in [4.78, 5) is 10.6. The second kappa shape index (κ2) is 10.4. The van der Waals surface area contributed by atoms with E-state index in [9.17, 15) is 4.79 Å². The molecule has 10 heteroatoms. The number of carboxylic acids is 1. The first kappa shape index (κ1) is 19.8. The van der Waals surface area contributed by atoms with Gasteiger partial charge in [-0.05, 0) is 34.7 Å². The van der Waals surface area contributed by atoms with Crippen molar-refractivity contribution in [3.05, 3.63) is 27.3 Å². The van der Waals surface area contributed by atoms with Crippen LogP contribution in [0.4, 0.5) is 0 Å². The van der Waals surface area contributed by atoms with Crippen molar-refractivity contribution in [1.82, 2.24) is 0 Å². The molecule has 0 amide bonds. The van der Waals surface area contributed by atoms with E-state index in [4.69, 9.17) is 23.2 Å². The van der Waals surface area contributed by atoms with E-state index in [0.717, 1.165) is 3.57 Å². The minimum Gasteiger partial charge on any atom is -0.832 e. The monoisotopic (exact) mass is 458 g/mol. The Balaban J connectivity index is 0. The number of halogens is 2. The molecule has 17 heavy (non-hydrogen) atoms. The number of rotatable bonds is 2. The van der Waals surface area contributed by atoms with E-state index in [1.165, 1.54) is 6.07 Å². The van der Waals surface area contributed by atoms with Gasteiger partial charge in [-0.25, -0.2) is 4.79 Å². The summed E-state index contributed by atoms with van der Waals surface area (Å²) in [5, 5.41) is 31.5. The molecule has 0 aliphatic rings. The van der Waals surface area contributed by atoms with Gasteiger partial charge < -0.3 is 23.2 Å². The predicted octanol–water partition coefficient (Wildman–Crippen LogP) is -2.96. The van der Waals surface area contributed by atoms with E-state index < -0.39 is 13.3 Å². The van der Waals surface area contributed by atoms with Crippen molar-refractivity contribution in [1.29, 1.82) is 0 Å². The first-order chi connectivity index (χ1) is 7.40. The Morgan fingerprint density at radius 2 is 1.88 bits per heavy atom. The molecule has 1 aromatic rings. The van der Waals surface area contributed by atoms with Crippen LogP contribution in [0.5, 0.6) is 5.75 Å². The summed E-state index contributed by atoms with van der Waals surface area (Å²) in [5.41, 5.74) is 0.191. The Kier molecular flexibility index (Phi) is 12.1. The largest absolute Gasteiger partial charge is 1.00 e. The zero-order chi connectivity index (χ0) is 12.7. The van der Waals surface area contributed by atoms with Crippen LogP contribution < -0.4 is 27.0 Å². The number of hydrogen-bond donors (Lipinski definition) is 3. The minimum atomic E-state index is -2.42. The Hall–Kier alpha value is 0.492. The van der Waals surface area contributed by atoms with Crippen LogP contribution in [0.15, 0.2) is 18.2 Å². The van der Waals surface area contributed by atoms with Crippen molar-refractivity contribution in [2.24, 2.45) is 0 Å². The molecule has 0 fully saturated rings. The summed E-state index contributed by atoms with van der Waals surface area (Å²) in [6.07, 6.45) is 0. The normalized spacial score (nSPS) is 8.29. The number of para-hydroxylation sites is 1. The van der Waals surface area contributed by atoms with E-state index in [2.05, 4.69) is 0 Å². The number of benzene rings is 1. The van der Waals surface area contributed by atoms with Gasteiger partial charge in [0.05, 0.1) is 3.57 Å². The average molecular weight is 458 g/mol. The van der Waals surface area contributed by atoms with Gasteiger partial charge in [-0.2, -0.15) is 0 Å². The summed E-state index contributed by atoms with van der Waals surface area (Å²) in [6.45, 7) is 0. The van der Waals surface area contributed by atoms with Gasteiger partial charge in [-0.3, -0.25) is 0 Å². The quantitative estimate of drug-likeness (QED) is 0.323. The molecule has 0 heterocycles. The third kappa shape index (κ3) is 8.25. The Bertz CT molecular complexity index is 361. The average Bonchev–Trinajstić information content (AvgIpc) is 2.16. The van der Waals surface area contributed by atoms with Crippen LogP contribution in [0.1, 0.15) is 10.4 Å². The van der Waals surface area contributed by atoms with Gasteiger partial charge in [-0.1, -0.05) is 6.07 Å². The van der Waals surface area contributed by atoms with Crippen LogP contribution in [0.25, 0.3) is 0 Å². The molecule has 0 aliphatic carbocycles. The molecule has 1 rings (SSSR count). The van der Waals surface area contributed by atoms with Crippen molar-refractivity contribution >= 4 is 58.9 Å². The Labute approximate surface area is 138 Å². The number of carboxylic acid groups (broad SMARTS) is 1. The smallest absolute Gasteiger partial charge is 0.832 e. The van der Waals surface area contributed by atoms with Crippen LogP contribution in [0.2, 0.25) is 0 Å². The molecule has 3 N–H and O–H groups in total. The third-order valence-corrected chi connectivity index (χ3v) is 2.56. The molecule has 0 aliphatic heterocycles. The summed E-state index contributed by atoms with van der Waals surface area (Å²) in [7, 11) is -2.42. The van der Waals surface area contributed by atoms with Crippen LogP contribution in [-0.4, -0.2) is 28.4 Å². The molecule has 1 aromatic carbocycles. The molecule has 6 nitrogen and oxygen atoms in total. The van der Waals surface area contributed by atoms with Gasteiger partial charge in [-0.15, -0.1) is 0 Å². The molecule has 88 valence electrons. The van der Waals surface area contributed by atoms with Gasteiger partial charge in [0.2, 0.25) is 0 Å². The van der Waals surface area contributed by atoms with E-state index in [1.54, 1.807) is 35.1 Å². The fraction of sp³-hybridized carbons (Fsp3) is 0. The molecule has 0 saturated carbocycles. The van der Waals surface area contributed by atoms with Crippen molar-refractivity contribution in [2.45, 2.75) is 0 Å². The van der Waals surface area contributed by atoms with Gasteiger partial charge in [0, 0.05) is 0 Å². The first-order valence-corrected chi connectivity index (χ1v) is 5.68. The molecule has 0 atom stereocenters. The maximum atomic E-state index is 10.6. The van der Waals surface area contributed by atoms with Crippen molar-refractivity contribution in [3.63, 3.8) is 0 Å². The standard InChI is InChI=1S/C7H4I2O3.BH2O3.Li/c8-5-3-1-2-4(7(10)11)6(5)12-9;2-1(3)4;/h1-3H,(H,10,11);2-3H;/q;-1;+1. The van der Waals surface area contributed by atoms with Gasteiger partial charge in [0.25, 0.3) is 0 Å². The van der Waals surface area contributed by atoms with Gasteiger partial charge in [0.15, 0.2) is 28.8 Å².